The smallest absolute Gasteiger partial charge is 0.330 e. The Morgan fingerprint density at radius 1 is 1.19 bits per heavy atom. The highest BCUT2D eigenvalue weighted by Crippen LogP contribution is 2.37. The molecule has 1 amide bonds. The fraction of sp³-hybridized carbons (Fsp3) is 0.519. The van der Waals surface area contributed by atoms with Crippen LogP contribution >= 0.6 is 0 Å². The van der Waals surface area contributed by atoms with Crippen molar-refractivity contribution in [1.29, 1.82) is 0 Å². The van der Waals surface area contributed by atoms with Gasteiger partial charge < -0.3 is 24.4 Å². The van der Waals surface area contributed by atoms with Gasteiger partial charge in [-0.1, -0.05) is 26.8 Å². The molecular weight excluding hydrogens is 488 g/mol. The molecule has 37 heavy (non-hydrogen) atoms. The number of carbonyl (C=O) groups is 1. The van der Waals surface area contributed by atoms with Crippen molar-refractivity contribution in [3.63, 3.8) is 0 Å². The largest absolute Gasteiger partial charge is 0.496 e. The molecule has 2 heterocycles. The van der Waals surface area contributed by atoms with Gasteiger partial charge in [0.2, 0.25) is 0 Å². The molecule has 9 nitrogen and oxygen atoms in total. The molecule has 0 fully saturated rings. The summed E-state index contributed by atoms with van der Waals surface area (Å²) in [4.78, 5) is 40.7. The standard InChI is InChI=1S/C27H40N4O5Si/c1-17-12-22(28)20(14-23(17)35-7)25(33)31-11-10-18(21-15-29(5)26(34)30(6)24(21)32)13-19(31)16-36-37(8,9)27(2,3)4/h12-15,19H,10-11,16,28H2,1-9H3/t19-/m0/s1. The minimum Gasteiger partial charge on any atom is -0.496 e. The Morgan fingerprint density at radius 3 is 2.43 bits per heavy atom. The summed E-state index contributed by atoms with van der Waals surface area (Å²) in [6.07, 6.45) is 3.96. The van der Waals surface area contributed by atoms with Crippen molar-refractivity contribution >= 4 is 25.5 Å². The van der Waals surface area contributed by atoms with Crippen LogP contribution < -0.4 is 21.7 Å². The maximum atomic E-state index is 13.8. The molecule has 10 heteroatoms. The molecule has 1 aliphatic heterocycles. The molecule has 1 aromatic carbocycles. The van der Waals surface area contributed by atoms with Gasteiger partial charge in [-0.25, -0.2) is 4.79 Å². The summed E-state index contributed by atoms with van der Waals surface area (Å²) in [7, 11) is 2.53. The molecule has 202 valence electrons. The number of aryl methyl sites for hydroxylation is 2. The van der Waals surface area contributed by atoms with Crippen LogP contribution in [0.3, 0.4) is 0 Å². The number of nitrogens with two attached hydrogens (primary N) is 1. The highest BCUT2D eigenvalue weighted by Gasteiger charge is 2.39. The van der Waals surface area contributed by atoms with Crippen molar-refractivity contribution in [1.82, 2.24) is 14.0 Å². The van der Waals surface area contributed by atoms with E-state index >= 15 is 0 Å². The van der Waals surface area contributed by atoms with E-state index in [0.29, 0.717) is 42.1 Å². The third-order valence-corrected chi connectivity index (χ3v) is 12.2. The third-order valence-electron chi connectivity index (χ3n) is 7.69. The quantitative estimate of drug-likeness (QED) is 0.455. The number of ether oxygens (including phenoxy) is 1. The van der Waals surface area contributed by atoms with E-state index in [-0.39, 0.29) is 22.2 Å². The summed E-state index contributed by atoms with van der Waals surface area (Å²) in [5.74, 6) is 0.372. The molecule has 3 rings (SSSR count). The van der Waals surface area contributed by atoms with Gasteiger partial charge in [-0.3, -0.25) is 14.2 Å². The molecule has 1 atom stereocenters. The Labute approximate surface area is 219 Å². The molecule has 2 aromatic rings. The summed E-state index contributed by atoms with van der Waals surface area (Å²) in [5.41, 5.74) is 8.36. The van der Waals surface area contributed by atoms with Crippen molar-refractivity contribution in [2.75, 3.05) is 26.0 Å². The summed E-state index contributed by atoms with van der Waals surface area (Å²) < 4.78 is 14.5. The number of benzene rings is 1. The molecule has 1 aliphatic rings. The Hall–Kier alpha value is -3.11. The van der Waals surface area contributed by atoms with Crippen molar-refractivity contribution in [2.45, 2.75) is 58.3 Å². The minimum atomic E-state index is -2.13. The van der Waals surface area contributed by atoms with E-state index in [1.807, 2.05) is 13.0 Å². The Kier molecular flexibility index (Phi) is 7.95. The molecule has 0 spiro atoms. The number of anilines is 1. The second-order valence-corrected chi connectivity index (χ2v) is 16.1. The van der Waals surface area contributed by atoms with E-state index in [1.54, 1.807) is 37.4 Å². The minimum absolute atomic E-state index is 0.00848. The summed E-state index contributed by atoms with van der Waals surface area (Å²) in [5, 5.41) is -0.00848. The molecule has 0 bridgehead atoms. The first kappa shape index (κ1) is 28.5. The van der Waals surface area contributed by atoms with E-state index in [9.17, 15) is 14.4 Å². The number of nitrogen functional groups attached to an aromatic ring is 1. The van der Waals surface area contributed by atoms with E-state index in [2.05, 4.69) is 33.9 Å². The molecule has 0 aliphatic carbocycles. The average molecular weight is 529 g/mol. The first-order valence-electron chi connectivity index (χ1n) is 12.5. The third kappa shape index (κ3) is 5.59. The fourth-order valence-electron chi connectivity index (χ4n) is 4.24. The van der Waals surface area contributed by atoms with E-state index in [0.717, 1.165) is 15.7 Å². The van der Waals surface area contributed by atoms with Gasteiger partial charge in [-0.2, -0.15) is 0 Å². The Balaban J connectivity index is 2.07. The molecular formula is C27H40N4O5Si. The van der Waals surface area contributed by atoms with E-state index in [4.69, 9.17) is 14.9 Å². The van der Waals surface area contributed by atoms with Crippen LogP contribution in [0.1, 0.15) is 48.7 Å². The number of carbonyl (C=O) groups excluding carboxylic acids is 1. The molecule has 0 unspecified atom stereocenters. The summed E-state index contributed by atoms with van der Waals surface area (Å²) >= 11 is 0. The van der Waals surface area contributed by atoms with Crippen LogP contribution in [0.5, 0.6) is 5.75 Å². The second kappa shape index (κ2) is 10.3. The number of rotatable bonds is 6. The first-order chi connectivity index (χ1) is 17.1. The highest BCUT2D eigenvalue weighted by atomic mass is 28.4. The van der Waals surface area contributed by atoms with Crippen molar-refractivity contribution in [3.05, 3.63) is 61.9 Å². The number of amides is 1. The van der Waals surface area contributed by atoms with Crippen LogP contribution in [-0.2, 0) is 18.5 Å². The summed E-state index contributed by atoms with van der Waals surface area (Å²) in [6.45, 7) is 13.4. The first-order valence-corrected chi connectivity index (χ1v) is 15.4. The SMILES string of the molecule is COc1cc(C(=O)N2CCC(c3cn(C)c(=O)n(C)c3=O)=C[C@H]2CO[Si](C)(C)C(C)(C)C)c(N)cc1C. The topological polar surface area (TPSA) is 109 Å². The van der Waals surface area contributed by atoms with Gasteiger partial charge in [-0.05, 0) is 54.7 Å². The Bertz CT molecular complexity index is 1350. The number of hydrogen-bond donors (Lipinski definition) is 1. The lowest BCUT2D eigenvalue weighted by molar-refractivity contribution is 0.0655. The zero-order valence-electron chi connectivity index (χ0n) is 23.5. The average Bonchev–Trinajstić information content (AvgIpc) is 2.82. The molecule has 0 radical (unpaired) electrons. The predicted molar refractivity (Wildman–Crippen MR) is 150 cm³/mol. The van der Waals surface area contributed by atoms with Crippen molar-refractivity contribution in [3.8, 4) is 5.75 Å². The maximum absolute atomic E-state index is 13.8. The van der Waals surface area contributed by atoms with Gasteiger partial charge in [0.1, 0.15) is 5.75 Å². The number of nitrogens with zero attached hydrogens (tertiary/aromatic N) is 3. The predicted octanol–water partition coefficient (Wildman–Crippen LogP) is 3.30. The van der Waals surface area contributed by atoms with Gasteiger partial charge in [0.15, 0.2) is 8.32 Å². The van der Waals surface area contributed by atoms with E-state index in [1.165, 1.54) is 11.6 Å². The van der Waals surface area contributed by atoms with Gasteiger partial charge in [0.25, 0.3) is 11.5 Å². The molecule has 0 saturated heterocycles. The van der Waals surface area contributed by atoms with Crippen LogP contribution in [0.2, 0.25) is 18.1 Å². The number of aromatic nitrogens is 2. The van der Waals surface area contributed by atoms with Crippen LogP contribution in [0.25, 0.3) is 5.57 Å². The zero-order chi connectivity index (χ0) is 27.9. The van der Waals surface area contributed by atoms with Crippen LogP contribution in [0.15, 0.2) is 34.0 Å². The van der Waals surface area contributed by atoms with Crippen molar-refractivity contribution in [2.24, 2.45) is 14.1 Å². The van der Waals surface area contributed by atoms with E-state index < -0.39 is 14.4 Å². The molecule has 1 aromatic heterocycles. The lowest BCUT2D eigenvalue weighted by Gasteiger charge is -2.40. The van der Waals surface area contributed by atoms with Crippen LogP contribution in [0, 0.1) is 6.92 Å². The van der Waals surface area contributed by atoms with Gasteiger partial charge in [0.05, 0.1) is 30.9 Å². The monoisotopic (exact) mass is 528 g/mol. The summed E-state index contributed by atoms with van der Waals surface area (Å²) in [6, 6.07) is 3.01. The highest BCUT2D eigenvalue weighted by molar-refractivity contribution is 6.74. The van der Waals surface area contributed by atoms with Gasteiger partial charge in [-0.15, -0.1) is 0 Å². The maximum Gasteiger partial charge on any atom is 0.330 e. The van der Waals surface area contributed by atoms with Crippen LogP contribution in [0.4, 0.5) is 5.69 Å². The lowest BCUT2D eigenvalue weighted by Crippen LogP contribution is -2.49. The normalized spacial score (nSPS) is 16.5. The fourth-order valence-corrected chi connectivity index (χ4v) is 5.26. The van der Waals surface area contributed by atoms with Gasteiger partial charge in [0, 0.05) is 32.5 Å². The number of methoxy groups -OCH3 is 1. The van der Waals surface area contributed by atoms with Gasteiger partial charge >= 0.3 is 5.69 Å². The van der Waals surface area contributed by atoms with Crippen molar-refractivity contribution < 1.29 is 14.0 Å². The van der Waals surface area contributed by atoms with Crippen LogP contribution in [-0.4, -0.2) is 54.6 Å². The second-order valence-electron chi connectivity index (χ2n) is 11.3. The lowest BCUT2D eigenvalue weighted by atomic mass is 9.96. The molecule has 0 saturated carbocycles. The zero-order valence-corrected chi connectivity index (χ0v) is 24.5. The Morgan fingerprint density at radius 2 is 1.84 bits per heavy atom. The number of hydrogen-bond acceptors (Lipinski definition) is 6. The molecule has 2 N–H and O–H groups in total.